The first-order valence-corrected chi connectivity index (χ1v) is 16.9. The van der Waals surface area contributed by atoms with Crippen LogP contribution in [0, 0.1) is 13.8 Å². The molecule has 1 saturated carbocycles. The Morgan fingerprint density at radius 3 is 2.23 bits per heavy atom. The number of aromatic nitrogens is 1. The zero-order valence-electron chi connectivity index (χ0n) is 26.8. The van der Waals surface area contributed by atoms with E-state index in [-0.39, 0.29) is 29.6 Å². The second-order valence-corrected chi connectivity index (χ2v) is 15.2. The molecule has 2 aliphatic heterocycles. The molecule has 0 radical (unpaired) electrons. The van der Waals surface area contributed by atoms with Gasteiger partial charge in [-0.25, -0.2) is 4.79 Å². The van der Waals surface area contributed by atoms with E-state index >= 15 is 0 Å². The number of carbonyl (C=O) groups is 2. The number of carbonyl (C=O) groups excluding carboxylic acids is 2. The van der Waals surface area contributed by atoms with Crippen molar-refractivity contribution in [3.63, 3.8) is 0 Å². The number of pyridine rings is 1. The summed E-state index contributed by atoms with van der Waals surface area (Å²) < 4.78 is 73.3. The maximum Gasteiger partial charge on any atom is 0.534 e. The van der Waals surface area contributed by atoms with Gasteiger partial charge >= 0.3 is 21.7 Å². The van der Waals surface area contributed by atoms with Crippen LogP contribution in [0.15, 0.2) is 42.5 Å². The number of halogens is 3. The van der Waals surface area contributed by atoms with Crippen molar-refractivity contribution in [2.24, 2.45) is 0 Å². The smallest absolute Gasteiger partial charge is 0.444 e. The summed E-state index contributed by atoms with van der Waals surface area (Å²) in [7, 11) is -5.93. The Balaban J connectivity index is 1.26. The topological polar surface area (TPSA) is 118 Å². The van der Waals surface area contributed by atoms with E-state index in [0.29, 0.717) is 48.1 Å². The Morgan fingerprint density at radius 1 is 0.979 bits per heavy atom. The number of hydrogen-bond donors (Lipinski definition) is 1. The molecule has 3 fully saturated rings. The molecule has 2 saturated heterocycles. The third kappa shape index (κ3) is 6.43. The molecule has 0 spiro atoms. The Kier molecular flexibility index (Phi) is 7.88. The van der Waals surface area contributed by atoms with E-state index in [4.69, 9.17) is 4.74 Å². The molecule has 2 amide bonds. The number of benzene rings is 2. The number of alkyl halides is 3. The number of aryl methyl sites for hydroxylation is 2. The Labute approximate surface area is 271 Å². The molecule has 6 rings (SSSR count). The molecule has 1 aromatic heterocycles. The normalized spacial score (nSPS) is 20.7. The van der Waals surface area contributed by atoms with Gasteiger partial charge in [-0.3, -0.25) is 14.7 Å². The third-order valence-electron chi connectivity index (χ3n) is 8.94. The van der Waals surface area contributed by atoms with E-state index in [0.717, 1.165) is 30.2 Å². The highest BCUT2D eigenvalue weighted by molar-refractivity contribution is 7.88. The molecule has 10 nitrogen and oxygen atoms in total. The summed E-state index contributed by atoms with van der Waals surface area (Å²) in [5.41, 5.74) is -3.94. The van der Waals surface area contributed by atoms with Crippen LogP contribution in [-0.2, 0) is 20.4 Å². The first kappa shape index (κ1) is 32.9. The summed E-state index contributed by atoms with van der Waals surface area (Å²) in [4.78, 5) is 35.2. The van der Waals surface area contributed by atoms with Gasteiger partial charge in [-0.05, 0) is 95.7 Å². The second kappa shape index (κ2) is 11.3. The lowest BCUT2D eigenvalue weighted by molar-refractivity contribution is -0.0500. The summed E-state index contributed by atoms with van der Waals surface area (Å²) in [6.07, 6.45) is 2.36. The number of ether oxygens (including phenoxy) is 1. The molecule has 1 aliphatic carbocycles. The Morgan fingerprint density at radius 2 is 1.64 bits per heavy atom. The molecule has 3 heterocycles. The van der Waals surface area contributed by atoms with Gasteiger partial charge in [0, 0.05) is 41.5 Å². The highest BCUT2D eigenvalue weighted by atomic mass is 32.2. The standard InChI is InChI=1S/C33H37F3N4O6S/c1-19-6-8-21(39-17-22-9-10-23(18-39)40(22)30(42)45-31(3,4)5)14-26(19)29(41)38-32(12-13-32)27-15-24(46-47(43,44)33(34,35)36)16-28-25(27)11-7-20(2)37-28/h6-8,11,14-16,22-23H,9-10,12-13,17-18H2,1-5H3,(H,38,41). The zero-order valence-corrected chi connectivity index (χ0v) is 27.6. The number of hydrogen-bond acceptors (Lipinski definition) is 8. The van der Waals surface area contributed by atoms with Crippen LogP contribution in [0.4, 0.5) is 23.7 Å². The van der Waals surface area contributed by atoms with Gasteiger partial charge in [0.25, 0.3) is 5.91 Å². The van der Waals surface area contributed by atoms with Crippen molar-refractivity contribution in [3.05, 3.63) is 64.8 Å². The van der Waals surface area contributed by atoms with E-state index in [1.165, 1.54) is 6.07 Å². The number of rotatable bonds is 6. The number of piperazine rings is 1. The maximum atomic E-state index is 13.9. The molecule has 3 aromatic rings. The molecule has 2 aromatic carbocycles. The van der Waals surface area contributed by atoms with E-state index in [2.05, 4.69) is 19.4 Å². The molecular weight excluding hydrogens is 637 g/mol. The van der Waals surface area contributed by atoms with E-state index < -0.39 is 32.5 Å². The van der Waals surface area contributed by atoms with Crippen LogP contribution >= 0.6 is 0 Å². The maximum absolute atomic E-state index is 13.9. The number of fused-ring (bicyclic) bond motifs is 3. The largest absolute Gasteiger partial charge is 0.534 e. The quantitative estimate of drug-likeness (QED) is 0.247. The van der Waals surface area contributed by atoms with E-state index in [9.17, 15) is 31.2 Å². The molecule has 2 atom stereocenters. The molecule has 14 heteroatoms. The first-order valence-electron chi connectivity index (χ1n) is 15.5. The predicted octanol–water partition coefficient (Wildman–Crippen LogP) is 6.09. The number of nitrogens with zero attached hydrogens (tertiary/aromatic N) is 3. The minimum Gasteiger partial charge on any atom is -0.444 e. The van der Waals surface area contributed by atoms with Crippen molar-refractivity contribution < 1.29 is 40.1 Å². The van der Waals surface area contributed by atoms with Gasteiger partial charge in [0.15, 0.2) is 0 Å². The summed E-state index contributed by atoms with van der Waals surface area (Å²) in [6, 6.07) is 11.5. The monoisotopic (exact) mass is 674 g/mol. The lowest BCUT2D eigenvalue weighted by atomic mass is 9.97. The van der Waals surface area contributed by atoms with Gasteiger partial charge in [0.05, 0.1) is 23.1 Å². The van der Waals surface area contributed by atoms with Crippen molar-refractivity contribution in [1.82, 2.24) is 15.2 Å². The van der Waals surface area contributed by atoms with Gasteiger partial charge in [-0.15, -0.1) is 0 Å². The predicted molar refractivity (Wildman–Crippen MR) is 169 cm³/mol. The van der Waals surface area contributed by atoms with Crippen LogP contribution in [0.5, 0.6) is 5.75 Å². The molecule has 3 aliphatic rings. The minimum atomic E-state index is -5.93. The molecular formula is C33H37F3N4O6S. The van der Waals surface area contributed by atoms with E-state index in [1.807, 2.05) is 50.8 Å². The fraction of sp³-hybridized carbons (Fsp3) is 0.485. The fourth-order valence-electron chi connectivity index (χ4n) is 6.58. The highest BCUT2D eigenvalue weighted by Gasteiger charge is 2.50. The van der Waals surface area contributed by atoms with Crippen LogP contribution < -0.4 is 14.4 Å². The lowest BCUT2D eigenvalue weighted by Crippen LogP contribution is -2.56. The lowest BCUT2D eigenvalue weighted by Gasteiger charge is -2.42. The molecule has 2 bridgehead atoms. The molecule has 1 N–H and O–H groups in total. The van der Waals surface area contributed by atoms with Gasteiger partial charge < -0.3 is 19.1 Å². The Hall–Kier alpha value is -4.07. The van der Waals surface area contributed by atoms with Gasteiger partial charge in [-0.1, -0.05) is 12.1 Å². The van der Waals surface area contributed by atoms with Crippen LogP contribution in [0.2, 0.25) is 0 Å². The second-order valence-electron chi connectivity index (χ2n) is 13.7. The molecule has 2 unspecified atom stereocenters. The van der Waals surface area contributed by atoms with Crippen LogP contribution in [0.25, 0.3) is 10.9 Å². The summed E-state index contributed by atoms with van der Waals surface area (Å²) in [6.45, 7) is 10.2. The minimum absolute atomic E-state index is 0.0157. The van der Waals surface area contributed by atoms with Crippen molar-refractivity contribution in [2.75, 3.05) is 18.0 Å². The molecule has 252 valence electrons. The van der Waals surface area contributed by atoms with E-state index in [1.54, 1.807) is 19.1 Å². The third-order valence-corrected chi connectivity index (χ3v) is 9.92. The van der Waals surface area contributed by atoms with Crippen LogP contribution in [-0.4, -0.2) is 66.6 Å². The van der Waals surface area contributed by atoms with Gasteiger partial charge in [0.1, 0.15) is 11.4 Å². The summed E-state index contributed by atoms with van der Waals surface area (Å²) in [5.74, 6) is -0.915. The molecule has 47 heavy (non-hydrogen) atoms. The summed E-state index contributed by atoms with van der Waals surface area (Å²) in [5, 5.41) is 3.65. The van der Waals surface area contributed by atoms with Crippen molar-refractivity contribution in [1.29, 1.82) is 0 Å². The van der Waals surface area contributed by atoms with Crippen molar-refractivity contribution in [2.45, 2.75) is 89.0 Å². The SMILES string of the molecule is Cc1ccc2c(C3(NC(=O)c4cc(N5CC6CCC(C5)N6C(=O)OC(C)(C)C)ccc4C)CC3)cc(OS(=O)(=O)C(F)(F)F)cc2n1. The Bertz CT molecular complexity index is 1860. The summed E-state index contributed by atoms with van der Waals surface area (Å²) >= 11 is 0. The first-order chi connectivity index (χ1) is 21.9. The van der Waals surface area contributed by atoms with Crippen molar-refractivity contribution >= 4 is 38.7 Å². The van der Waals surface area contributed by atoms with Crippen LogP contribution in [0.1, 0.15) is 73.6 Å². The number of anilines is 1. The fourth-order valence-corrected chi connectivity index (χ4v) is 7.02. The average Bonchev–Trinajstić information content (AvgIpc) is 3.68. The van der Waals surface area contributed by atoms with Gasteiger partial charge in [-0.2, -0.15) is 21.6 Å². The zero-order chi connectivity index (χ0) is 34.1. The highest BCUT2D eigenvalue weighted by Crippen LogP contribution is 2.49. The average molecular weight is 675 g/mol. The van der Waals surface area contributed by atoms with Crippen LogP contribution in [0.3, 0.4) is 0 Å². The number of amides is 2. The van der Waals surface area contributed by atoms with Gasteiger partial charge in [0.2, 0.25) is 0 Å². The van der Waals surface area contributed by atoms with Crippen molar-refractivity contribution in [3.8, 4) is 5.75 Å². The number of nitrogens with one attached hydrogen (secondary N) is 1.